The standard InChI is InChI=1S/C13H21NO4S/c1-3-5-12(10-18-2)14-19(16,17)13-7-4-6-11(8-13)9-15/h4,6-8,12,14-15H,3,5,9-10H2,1-2H3. The summed E-state index contributed by atoms with van der Waals surface area (Å²) in [6.07, 6.45) is 1.58. The van der Waals surface area contributed by atoms with Crippen LogP contribution in [0.4, 0.5) is 0 Å². The second kappa shape index (κ2) is 7.59. The van der Waals surface area contributed by atoms with E-state index in [1.807, 2.05) is 6.92 Å². The molecule has 0 bridgehead atoms. The molecular formula is C13H21NO4S. The van der Waals surface area contributed by atoms with Crippen molar-refractivity contribution in [2.45, 2.75) is 37.3 Å². The zero-order valence-corrected chi connectivity index (χ0v) is 12.1. The van der Waals surface area contributed by atoms with Crippen molar-refractivity contribution < 1.29 is 18.3 Å². The van der Waals surface area contributed by atoms with Gasteiger partial charge in [0.05, 0.1) is 18.1 Å². The van der Waals surface area contributed by atoms with Crippen molar-refractivity contribution >= 4 is 10.0 Å². The fraction of sp³-hybridized carbons (Fsp3) is 0.538. The molecule has 2 N–H and O–H groups in total. The average molecular weight is 287 g/mol. The maximum Gasteiger partial charge on any atom is 0.240 e. The van der Waals surface area contributed by atoms with Crippen LogP contribution in [0.25, 0.3) is 0 Å². The monoisotopic (exact) mass is 287 g/mol. The van der Waals surface area contributed by atoms with E-state index in [0.717, 1.165) is 6.42 Å². The first-order valence-corrected chi connectivity index (χ1v) is 7.73. The van der Waals surface area contributed by atoms with Crippen LogP contribution in [0.15, 0.2) is 29.2 Å². The molecule has 6 heteroatoms. The number of aliphatic hydroxyl groups excluding tert-OH is 1. The largest absolute Gasteiger partial charge is 0.392 e. The number of methoxy groups -OCH3 is 1. The van der Waals surface area contributed by atoms with Gasteiger partial charge in [0.15, 0.2) is 0 Å². The minimum atomic E-state index is -3.58. The summed E-state index contributed by atoms with van der Waals surface area (Å²) >= 11 is 0. The molecule has 1 unspecified atom stereocenters. The summed E-state index contributed by atoms with van der Waals surface area (Å²) in [6, 6.07) is 6.04. The lowest BCUT2D eigenvalue weighted by Gasteiger charge is -2.17. The molecule has 0 saturated carbocycles. The molecule has 0 radical (unpaired) electrons. The van der Waals surface area contributed by atoms with Crippen molar-refractivity contribution in [1.82, 2.24) is 4.72 Å². The Morgan fingerprint density at radius 2 is 2.16 bits per heavy atom. The van der Waals surface area contributed by atoms with Crippen molar-refractivity contribution in [3.05, 3.63) is 29.8 Å². The van der Waals surface area contributed by atoms with E-state index in [0.29, 0.717) is 18.6 Å². The summed E-state index contributed by atoms with van der Waals surface area (Å²) in [6.45, 7) is 2.15. The summed E-state index contributed by atoms with van der Waals surface area (Å²) in [5, 5.41) is 9.04. The number of rotatable bonds is 8. The number of ether oxygens (including phenoxy) is 1. The topological polar surface area (TPSA) is 75.6 Å². The van der Waals surface area contributed by atoms with Gasteiger partial charge in [-0.25, -0.2) is 13.1 Å². The van der Waals surface area contributed by atoms with E-state index in [9.17, 15) is 8.42 Å². The Bertz CT molecular complexity index is 481. The number of benzene rings is 1. The third-order valence-corrected chi connectivity index (χ3v) is 4.24. The van der Waals surface area contributed by atoms with Gasteiger partial charge in [-0.15, -0.1) is 0 Å². The lowest BCUT2D eigenvalue weighted by Crippen LogP contribution is -2.37. The van der Waals surface area contributed by atoms with E-state index in [1.165, 1.54) is 12.1 Å². The summed E-state index contributed by atoms with van der Waals surface area (Å²) in [7, 11) is -2.03. The Labute approximate surface area is 114 Å². The first-order valence-electron chi connectivity index (χ1n) is 6.24. The highest BCUT2D eigenvalue weighted by Gasteiger charge is 2.19. The molecule has 0 fully saturated rings. The van der Waals surface area contributed by atoms with E-state index in [1.54, 1.807) is 19.2 Å². The van der Waals surface area contributed by atoms with Gasteiger partial charge in [-0.1, -0.05) is 25.5 Å². The highest BCUT2D eigenvalue weighted by Crippen LogP contribution is 2.13. The molecule has 0 amide bonds. The van der Waals surface area contributed by atoms with Gasteiger partial charge in [0.2, 0.25) is 10.0 Å². The zero-order chi connectivity index (χ0) is 14.3. The van der Waals surface area contributed by atoms with Crippen LogP contribution < -0.4 is 4.72 Å². The predicted octanol–water partition coefficient (Wildman–Crippen LogP) is 1.27. The first kappa shape index (κ1) is 16.1. The van der Waals surface area contributed by atoms with Gasteiger partial charge in [0, 0.05) is 13.2 Å². The Balaban J connectivity index is 2.89. The summed E-state index contributed by atoms with van der Waals surface area (Å²) < 4.78 is 32.1. The lowest BCUT2D eigenvalue weighted by molar-refractivity contribution is 0.171. The molecule has 1 aromatic rings. The van der Waals surface area contributed by atoms with Crippen LogP contribution in [-0.2, 0) is 21.4 Å². The molecule has 0 heterocycles. The van der Waals surface area contributed by atoms with E-state index in [-0.39, 0.29) is 17.5 Å². The number of hydrogen-bond acceptors (Lipinski definition) is 4. The van der Waals surface area contributed by atoms with Crippen LogP contribution in [0.2, 0.25) is 0 Å². The van der Waals surface area contributed by atoms with Gasteiger partial charge in [-0.3, -0.25) is 0 Å². The minimum absolute atomic E-state index is 0.163. The zero-order valence-electron chi connectivity index (χ0n) is 11.3. The third kappa shape index (κ3) is 4.91. The minimum Gasteiger partial charge on any atom is -0.392 e. The van der Waals surface area contributed by atoms with Gasteiger partial charge >= 0.3 is 0 Å². The predicted molar refractivity (Wildman–Crippen MR) is 73.3 cm³/mol. The molecule has 0 aromatic heterocycles. The van der Waals surface area contributed by atoms with Crippen LogP contribution in [0, 0.1) is 0 Å². The van der Waals surface area contributed by atoms with Crippen LogP contribution in [0.5, 0.6) is 0 Å². The highest BCUT2D eigenvalue weighted by molar-refractivity contribution is 7.89. The maximum atomic E-state index is 12.2. The number of sulfonamides is 1. The first-order chi connectivity index (χ1) is 9.03. The number of hydrogen-bond donors (Lipinski definition) is 2. The molecule has 0 spiro atoms. The fourth-order valence-corrected chi connectivity index (χ4v) is 3.15. The van der Waals surface area contributed by atoms with Crippen molar-refractivity contribution in [3.8, 4) is 0 Å². The number of nitrogens with one attached hydrogen (secondary N) is 1. The van der Waals surface area contributed by atoms with Crippen LogP contribution in [0.3, 0.4) is 0 Å². The second-order valence-corrected chi connectivity index (χ2v) is 6.08. The molecule has 0 aliphatic rings. The summed E-state index contributed by atoms with van der Waals surface area (Å²) in [5.41, 5.74) is 0.571. The smallest absolute Gasteiger partial charge is 0.240 e. The van der Waals surface area contributed by atoms with Crippen molar-refractivity contribution in [1.29, 1.82) is 0 Å². The van der Waals surface area contributed by atoms with Gasteiger partial charge < -0.3 is 9.84 Å². The Kier molecular flexibility index (Phi) is 6.44. The van der Waals surface area contributed by atoms with Gasteiger partial charge in [-0.05, 0) is 24.1 Å². The maximum absolute atomic E-state index is 12.2. The molecule has 1 atom stereocenters. The normalized spacial score (nSPS) is 13.4. The molecule has 1 rings (SSSR count). The van der Waals surface area contributed by atoms with Gasteiger partial charge in [-0.2, -0.15) is 0 Å². The van der Waals surface area contributed by atoms with Gasteiger partial charge in [0.1, 0.15) is 0 Å². The summed E-state index contributed by atoms with van der Waals surface area (Å²) in [5.74, 6) is 0. The summed E-state index contributed by atoms with van der Waals surface area (Å²) in [4.78, 5) is 0.163. The molecular weight excluding hydrogens is 266 g/mol. The third-order valence-electron chi connectivity index (χ3n) is 2.72. The van der Waals surface area contributed by atoms with E-state index in [4.69, 9.17) is 9.84 Å². The van der Waals surface area contributed by atoms with Crippen LogP contribution in [-0.4, -0.2) is 33.3 Å². The molecule has 1 aromatic carbocycles. The number of aliphatic hydroxyl groups is 1. The Morgan fingerprint density at radius 1 is 1.42 bits per heavy atom. The average Bonchev–Trinajstić information content (AvgIpc) is 2.39. The van der Waals surface area contributed by atoms with Crippen molar-refractivity contribution in [2.75, 3.05) is 13.7 Å². The lowest BCUT2D eigenvalue weighted by atomic mass is 10.2. The van der Waals surface area contributed by atoms with Crippen molar-refractivity contribution in [3.63, 3.8) is 0 Å². The van der Waals surface area contributed by atoms with Crippen molar-refractivity contribution in [2.24, 2.45) is 0 Å². The quantitative estimate of drug-likeness (QED) is 0.755. The Morgan fingerprint density at radius 3 is 2.74 bits per heavy atom. The van der Waals surface area contributed by atoms with Crippen LogP contribution >= 0.6 is 0 Å². The Hall–Kier alpha value is -0.950. The van der Waals surface area contributed by atoms with Crippen LogP contribution in [0.1, 0.15) is 25.3 Å². The van der Waals surface area contributed by atoms with E-state index >= 15 is 0 Å². The highest BCUT2D eigenvalue weighted by atomic mass is 32.2. The van der Waals surface area contributed by atoms with E-state index in [2.05, 4.69) is 4.72 Å². The molecule has 0 aliphatic heterocycles. The molecule has 0 saturated heterocycles. The van der Waals surface area contributed by atoms with E-state index < -0.39 is 10.0 Å². The fourth-order valence-electron chi connectivity index (χ4n) is 1.82. The molecule has 5 nitrogen and oxygen atoms in total. The second-order valence-electron chi connectivity index (χ2n) is 4.37. The molecule has 0 aliphatic carbocycles. The SMILES string of the molecule is CCCC(COC)NS(=O)(=O)c1cccc(CO)c1. The molecule has 108 valence electrons. The molecule has 19 heavy (non-hydrogen) atoms. The van der Waals surface area contributed by atoms with Gasteiger partial charge in [0.25, 0.3) is 0 Å².